The lowest BCUT2D eigenvalue weighted by Gasteiger charge is -2.08. The normalized spacial score (nSPS) is 15.5. The number of fused-ring (bicyclic) bond motifs is 1. The van der Waals surface area contributed by atoms with Gasteiger partial charge in [-0.25, -0.2) is 0 Å². The van der Waals surface area contributed by atoms with Crippen molar-refractivity contribution in [3.63, 3.8) is 0 Å². The molecular formula is C15H17NO4S. The van der Waals surface area contributed by atoms with Crippen molar-refractivity contribution in [1.29, 1.82) is 0 Å². The Morgan fingerprint density at radius 1 is 1.05 bits per heavy atom. The van der Waals surface area contributed by atoms with Gasteiger partial charge < -0.3 is 19.6 Å². The molecule has 0 aliphatic carbocycles. The molecule has 1 unspecified atom stereocenters. The molecule has 0 bridgehead atoms. The molecule has 5 nitrogen and oxygen atoms in total. The van der Waals surface area contributed by atoms with Crippen LogP contribution in [0.2, 0.25) is 0 Å². The van der Waals surface area contributed by atoms with E-state index in [4.69, 9.17) is 19.6 Å². The second-order valence-corrected chi connectivity index (χ2v) is 6.17. The van der Waals surface area contributed by atoms with Gasteiger partial charge in [0, 0.05) is 17.4 Å². The van der Waals surface area contributed by atoms with E-state index >= 15 is 0 Å². The Morgan fingerprint density at radius 3 is 2.57 bits per heavy atom. The number of ether oxygens (including phenoxy) is 2. The van der Waals surface area contributed by atoms with Gasteiger partial charge in [-0.05, 0) is 24.3 Å². The molecule has 1 aromatic heterocycles. The van der Waals surface area contributed by atoms with Crippen LogP contribution in [-0.2, 0) is 23.1 Å². The second-order valence-electron chi connectivity index (χ2n) is 4.72. The van der Waals surface area contributed by atoms with Crippen molar-refractivity contribution < 1.29 is 18.1 Å². The Labute approximate surface area is 125 Å². The molecule has 0 saturated heterocycles. The van der Waals surface area contributed by atoms with Crippen molar-refractivity contribution in [2.75, 3.05) is 13.2 Å². The molecule has 112 valence electrons. The van der Waals surface area contributed by atoms with Crippen molar-refractivity contribution in [1.82, 2.24) is 0 Å². The van der Waals surface area contributed by atoms with Crippen LogP contribution in [0.3, 0.4) is 0 Å². The molecule has 1 aromatic carbocycles. The fourth-order valence-corrected chi connectivity index (χ4v) is 3.15. The molecule has 0 saturated carbocycles. The molecule has 1 aliphatic heterocycles. The average Bonchev–Trinajstić information content (AvgIpc) is 2.82. The Kier molecular flexibility index (Phi) is 4.26. The van der Waals surface area contributed by atoms with E-state index in [-0.39, 0.29) is 0 Å². The van der Waals surface area contributed by atoms with E-state index in [2.05, 4.69) is 0 Å². The molecule has 0 spiro atoms. The van der Waals surface area contributed by atoms with Crippen LogP contribution in [0.15, 0.2) is 39.6 Å². The summed E-state index contributed by atoms with van der Waals surface area (Å²) in [7, 11) is -1.20. The van der Waals surface area contributed by atoms with Gasteiger partial charge in [0.05, 0.1) is 36.3 Å². The summed E-state index contributed by atoms with van der Waals surface area (Å²) >= 11 is 0. The summed E-state index contributed by atoms with van der Waals surface area (Å²) in [6.45, 7) is 1.60. The Balaban J connectivity index is 1.76. The lowest BCUT2D eigenvalue weighted by Crippen LogP contribution is -1.98. The zero-order valence-corrected chi connectivity index (χ0v) is 12.4. The molecule has 6 heteroatoms. The van der Waals surface area contributed by atoms with Crippen LogP contribution in [0.1, 0.15) is 17.9 Å². The highest BCUT2D eigenvalue weighted by Gasteiger charge is 2.14. The highest BCUT2D eigenvalue weighted by Crippen LogP contribution is 2.32. The van der Waals surface area contributed by atoms with Gasteiger partial charge in [-0.3, -0.25) is 4.21 Å². The van der Waals surface area contributed by atoms with Gasteiger partial charge in [-0.2, -0.15) is 0 Å². The van der Waals surface area contributed by atoms with Gasteiger partial charge in [0.25, 0.3) is 0 Å². The van der Waals surface area contributed by atoms with Crippen molar-refractivity contribution in [3.05, 3.63) is 41.9 Å². The van der Waals surface area contributed by atoms with Crippen molar-refractivity contribution in [3.8, 4) is 11.5 Å². The smallest absolute Gasteiger partial charge is 0.162 e. The predicted molar refractivity (Wildman–Crippen MR) is 78.8 cm³/mol. The summed E-state index contributed by atoms with van der Waals surface area (Å²) in [5.74, 6) is 3.04. The summed E-state index contributed by atoms with van der Waals surface area (Å²) < 4.78 is 29.1. The van der Waals surface area contributed by atoms with Crippen molar-refractivity contribution >= 4 is 10.8 Å². The van der Waals surface area contributed by atoms with Crippen LogP contribution in [0.25, 0.3) is 0 Å². The zero-order valence-electron chi connectivity index (χ0n) is 11.5. The molecular weight excluding hydrogens is 290 g/mol. The number of hydrogen-bond donors (Lipinski definition) is 1. The predicted octanol–water partition coefficient (Wildman–Crippen LogP) is 2.21. The summed E-state index contributed by atoms with van der Waals surface area (Å²) in [5.41, 5.74) is 5.50. The van der Waals surface area contributed by atoms with E-state index in [1.54, 1.807) is 24.3 Å². The third kappa shape index (κ3) is 3.28. The largest absolute Gasteiger partial charge is 0.490 e. The molecule has 1 atom stereocenters. The fraction of sp³-hybridized carbons (Fsp3) is 0.333. The van der Waals surface area contributed by atoms with E-state index in [0.29, 0.717) is 53.4 Å². The molecule has 2 aromatic rings. The van der Waals surface area contributed by atoms with Gasteiger partial charge in [-0.15, -0.1) is 0 Å². The maximum absolute atomic E-state index is 12.4. The minimum atomic E-state index is -1.20. The van der Waals surface area contributed by atoms with Gasteiger partial charge in [-0.1, -0.05) is 0 Å². The van der Waals surface area contributed by atoms with E-state index in [1.807, 2.05) is 6.07 Å². The van der Waals surface area contributed by atoms with Crippen LogP contribution in [0.5, 0.6) is 11.5 Å². The third-order valence-electron chi connectivity index (χ3n) is 3.17. The second kappa shape index (κ2) is 6.32. The first-order valence-electron chi connectivity index (χ1n) is 6.82. The first-order chi connectivity index (χ1) is 10.3. The van der Waals surface area contributed by atoms with Gasteiger partial charge in [0.2, 0.25) is 0 Å². The number of furan rings is 1. The summed E-state index contributed by atoms with van der Waals surface area (Å²) in [4.78, 5) is 0.699. The molecule has 0 amide bonds. The SMILES string of the molecule is NCc1ccc(CS(=O)c2ccc3c(c2)OCCCO3)o1. The first-order valence-corrected chi connectivity index (χ1v) is 8.14. The minimum Gasteiger partial charge on any atom is -0.490 e. The molecule has 2 heterocycles. The van der Waals surface area contributed by atoms with Gasteiger partial charge >= 0.3 is 0 Å². The Hall–Kier alpha value is -1.79. The third-order valence-corrected chi connectivity index (χ3v) is 4.50. The molecule has 0 radical (unpaired) electrons. The minimum absolute atomic E-state index is 0.319. The number of nitrogens with two attached hydrogens (primary N) is 1. The number of rotatable bonds is 4. The van der Waals surface area contributed by atoms with Crippen LogP contribution >= 0.6 is 0 Å². The van der Waals surface area contributed by atoms with E-state index < -0.39 is 10.8 Å². The van der Waals surface area contributed by atoms with Crippen LogP contribution in [0.4, 0.5) is 0 Å². The van der Waals surface area contributed by atoms with E-state index in [0.717, 1.165) is 6.42 Å². The lowest BCUT2D eigenvalue weighted by molar-refractivity contribution is 0.297. The molecule has 21 heavy (non-hydrogen) atoms. The highest BCUT2D eigenvalue weighted by atomic mass is 32.2. The first kappa shape index (κ1) is 14.2. The number of benzene rings is 1. The Bertz CT molecular complexity index is 653. The average molecular weight is 307 g/mol. The number of hydrogen-bond acceptors (Lipinski definition) is 5. The fourth-order valence-electron chi connectivity index (χ4n) is 2.11. The monoisotopic (exact) mass is 307 g/mol. The van der Waals surface area contributed by atoms with Crippen LogP contribution < -0.4 is 15.2 Å². The molecule has 0 fully saturated rings. The summed E-state index contributed by atoms with van der Waals surface area (Å²) in [6.07, 6.45) is 0.849. The van der Waals surface area contributed by atoms with Crippen LogP contribution in [0, 0.1) is 0 Å². The van der Waals surface area contributed by atoms with Gasteiger partial charge in [0.15, 0.2) is 11.5 Å². The van der Waals surface area contributed by atoms with E-state index in [1.165, 1.54) is 0 Å². The van der Waals surface area contributed by atoms with Crippen molar-refractivity contribution in [2.45, 2.75) is 23.6 Å². The van der Waals surface area contributed by atoms with E-state index in [9.17, 15) is 4.21 Å². The Morgan fingerprint density at radius 2 is 1.81 bits per heavy atom. The summed E-state index contributed by atoms with van der Waals surface area (Å²) in [6, 6.07) is 9.00. The maximum atomic E-state index is 12.4. The standard InChI is InChI=1S/C15H17NO4S/c16-9-11-2-3-12(20-11)10-21(17)13-4-5-14-15(8-13)19-7-1-6-18-14/h2-5,8H,1,6-7,9-10,16H2. The maximum Gasteiger partial charge on any atom is 0.162 e. The topological polar surface area (TPSA) is 74.7 Å². The molecule has 3 rings (SSSR count). The quantitative estimate of drug-likeness (QED) is 0.937. The molecule has 2 N–H and O–H groups in total. The van der Waals surface area contributed by atoms with Crippen LogP contribution in [-0.4, -0.2) is 17.4 Å². The highest BCUT2D eigenvalue weighted by molar-refractivity contribution is 7.84. The summed E-state index contributed by atoms with van der Waals surface area (Å²) in [5, 5.41) is 0. The van der Waals surface area contributed by atoms with Gasteiger partial charge in [0.1, 0.15) is 11.5 Å². The lowest BCUT2D eigenvalue weighted by atomic mass is 10.3. The van der Waals surface area contributed by atoms with Crippen molar-refractivity contribution in [2.24, 2.45) is 5.73 Å². The molecule has 1 aliphatic rings. The zero-order chi connectivity index (χ0) is 14.7.